The van der Waals surface area contributed by atoms with Crippen molar-refractivity contribution in [3.8, 4) is 0 Å². The Morgan fingerprint density at radius 3 is 2.71 bits per heavy atom. The van der Waals surface area contributed by atoms with Gasteiger partial charge in [0.25, 0.3) is 5.91 Å². The molecule has 2 aromatic rings. The molecule has 2 aliphatic rings. The van der Waals surface area contributed by atoms with Gasteiger partial charge in [-0.3, -0.25) is 4.79 Å². The smallest absolute Gasteiger partial charge is 0.256 e. The van der Waals surface area contributed by atoms with Crippen LogP contribution in [0.2, 0.25) is 5.02 Å². The van der Waals surface area contributed by atoms with Crippen molar-refractivity contribution in [1.82, 2.24) is 4.57 Å². The van der Waals surface area contributed by atoms with E-state index in [-0.39, 0.29) is 5.91 Å². The molecule has 1 saturated carbocycles. The molecule has 3 nitrogen and oxygen atoms in total. The highest BCUT2D eigenvalue weighted by Crippen LogP contribution is 2.37. The first-order chi connectivity index (χ1) is 11.5. The van der Waals surface area contributed by atoms with E-state index in [4.69, 9.17) is 11.6 Å². The zero-order valence-electron chi connectivity index (χ0n) is 14.0. The fraction of sp³-hybridized carbons (Fsp3) is 0.350. The molecule has 2 heterocycles. The van der Waals surface area contributed by atoms with Crippen molar-refractivity contribution in [2.24, 2.45) is 0 Å². The molecule has 1 N–H and O–H groups in total. The Kier molecular flexibility index (Phi) is 3.76. The molecule has 24 heavy (non-hydrogen) atoms. The molecule has 1 amide bonds. The Morgan fingerprint density at radius 2 is 1.96 bits per heavy atom. The summed E-state index contributed by atoms with van der Waals surface area (Å²) in [5.74, 6) is -0.0575. The Morgan fingerprint density at radius 1 is 1.21 bits per heavy atom. The Balaban J connectivity index is 1.77. The van der Waals surface area contributed by atoms with Crippen LogP contribution in [0.25, 0.3) is 11.6 Å². The van der Waals surface area contributed by atoms with Gasteiger partial charge in [0.15, 0.2) is 0 Å². The van der Waals surface area contributed by atoms with Crippen LogP contribution in [0.1, 0.15) is 54.2 Å². The maximum absolute atomic E-state index is 12.4. The number of fused-ring (bicyclic) bond motifs is 1. The maximum atomic E-state index is 12.4. The number of aryl methyl sites for hydroxylation is 1. The van der Waals surface area contributed by atoms with Gasteiger partial charge >= 0.3 is 0 Å². The highest BCUT2D eigenvalue weighted by atomic mass is 35.5. The number of aromatic nitrogens is 1. The van der Waals surface area contributed by atoms with Crippen molar-refractivity contribution < 1.29 is 4.79 Å². The second kappa shape index (κ2) is 5.82. The molecule has 1 fully saturated rings. The van der Waals surface area contributed by atoms with Crippen LogP contribution in [-0.4, -0.2) is 10.5 Å². The van der Waals surface area contributed by atoms with Crippen molar-refractivity contribution in [1.29, 1.82) is 0 Å². The number of nitrogens with one attached hydrogen (secondary N) is 1. The van der Waals surface area contributed by atoms with Crippen LogP contribution in [0, 0.1) is 13.8 Å². The van der Waals surface area contributed by atoms with Crippen LogP contribution in [0.4, 0.5) is 5.69 Å². The lowest BCUT2D eigenvalue weighted by Gasteiger charge is -2.17. The molecule has 1 aliphatic heterocycles. The van der Waals surface area contributed by atoms with E-state index in [0.717, 1.165) is 16.8 Å². The molecular formula is C20H21ClN2O. The van der Waals surface area contributed by atoms with Crippen LogP contribution >= 0.6 is 11.6 Å². The molecular weight excluding hydrogens is 320 g/mol. The number of benzene rings is 1. The van der Waals surface area contributed by atoms with E-state index in [2.05, 4.69) is 29.8 Å². The molecule has 4 rings (SSSR count). The van der Waals surface area contributed by atoms with Gasteiger partial charge in [-0.05, 0) is 56.5 Å². The van der Waals surface area contributed by atoms with Crippen LogP contribution in [-0.2, 0) is 4.79 Å². The van der Waals surface area contributed by atoms with Crippen molar-refractivity contribution in [2.75, 3.05) is 5.32 Å². The molecule has 0 saturated heterocycles. The minimum Gasteiger partial charge on any atom is -0.346 e. The molecule has 0 unspecified atom stereocenters. The summed E-state index contributed by atoms with van der Waals surface area (Å²) in [7, 11) is 0. The van der Waals surface area contributed by atoms with E-state index in [1.54, 1.807) is 6.07 Å². The van der Waals surface area contributed by atoms with E-state index >= 15 is 0 Å². The van der Waals surface area contributed by atoms with Gasteiger partial charge in [0.2, 0.25) is 0 Å². The molecule has 4 heteroatoms. The fourth-order valence-corrected chi connectivity index (χ4v) is 4.31. The standard InChI is InChI=1S/C20H21ClN2O/c1-12-9-14(13(2)23(12)16-5-3-4-6-16)10-18-17-8-7-15(21)11-19(17)22-20(18)24/h7-11,16H,3-6H2,1-2H3,(H,22,24)/b18-10+. The van der Waals surface area contributed by atoms with Gasteiger partial charge in [-0.25, -0.2) is 0 Å². The van der Waals surface area contributed by atoms with Gasteiger partial charge in [0.1, 0.15) is 0 Å². The summed E-state index contributed by atoms with van der Waals surface area (Å²) in [6.07, 6.45) is 7.16. The zero-order valence-corrected chi connectivity index (χ0v) is 14.8. The number of nitrogens with zero attached hydrogens (tertiary/aromatic N) is 1. The third kappa shape index (κ3) is 2.48. The van der Waals surface area contributed by atoms with Gasteiger partial charge in [-0.15, -0.1) is 0 Å². The summed E-state index contributed by atoms with van der Waals surface area (Å²) in [5, 5.41) is 3.54. The van der Waals surface area contributed by atoms with Crippen molar-refractivity contribution in [3.63, 3.8) is 0 Å². The summed E-state index contributed by atoms with van der Waals surface area (Å²) < 4.78 is 2.45. The molecule has 0 atom stereocenters. The van der Waals surface area contributed by atoms with E-state index in [9.17, 15) is 4.79 Å². The number of hydrogen-bond acceptors (Lipinski definition) is 1. The second-order valence-electron chi connectivity index (χ2n) is 6.84. The fourth-order valence-electron chi connectivity index (χ4n) is 4.14. The maximum Gasteiger partial charge on any atom is 0.256 e. The Labute approximate surface area is 147 Å². The highest BCUT2D eigenvalue weighted by molar-refractivity contribution is 6.36. The normalized spacial score (nSPS) is 19.1. The van der Waals surface area contributed by atoms with E-state index < -0.39 is 0 Å². The lowest BCUT2D eigenvalue weighted by atomic mass is 10.0. The number of rotatable bonds is 2. The van der Waals surface area contributed by atoms with Gasteiger partial charge in [-0.2, -0.15) is 0 Å². The average Bonchev–Trinajstić information content (AvgIpc) is 3.21. The third-order valence-corrected chi connectivity index (χ3v) is 5.51. The van der Waals surface area contributed by atoms with Crippen LogP contribution in [0.5, 0.6) is 0 Å². The minimum atomic E-state index is -0.0575. The zero-order chi connectivity index (χ0) is 16.8. The first-order valence-corrected chi connectivity index (χ1v) is 8.94. The number of carbonyl (C=O) groups excluding carboxylic acids is 1. The minimum absolute atomic E-state index is 0.0575. The number of halogens is 1. The lowest BCUT2D eigenvalue weighted by molar-refractivity contribution is -0.110. The second-order valence-corrected chi connectivity index (χ2v) is 7.27. The topological polar surface area (TPSA) is 34.0 Å². The SMILES string of the molecule is Cc1cc(/C=C2/C(=O)Nc3cc(Cl)ccc32)c(C)n1C1CCCC1. The molecule has 1 aromatic heterocycles. The van der Waals surface area contributed by atoms with Crippen molar-refractivity contribution in [3.05, 3.63) is 51.8 Å². The third-order valence-electron chi connectivity index (χ3n) is 5.28. The summed E-state index contributed by atoms with van der Waals surface area (Å²) >= 11 is 6.03. The summed E-state index contributed by atoms with van der Waals surface area (Å²) in [6.45, 7) is 4.32. The Hall–Kier alpha value is -2.00. The first-order valence-electron chi connectivity index (χ1n) is 8.56. The molecule has 1 aromatic carbocycles. The number of hydrogen-bond donors (Lipinski definition) is 1. The van der Waals surface area contributed by atoms with E-state index in [0.29, 0.717) is 16.6 Å². The van der Waals surface area contributed by atoms with Gasteiger partial charge in [-0.1, -0.05) is 30.5 Å². The van der Waals surface area contributed by atoms with E-state index in [1.807, 2.05) is 18.2 Å². The molecule has 0 spiro atoms. The molecule has 1 aliphatic carbocycles. The van der Waals surface area contributed by atoms with Crippen LogP contribution < -0.4 is 5.32 Å². The van der Waals surface area contributed by atoms with Crippen LogP contribution in [0.15, 0.2) is 24.3 Å². The largest absolute Gasteiger partial charge is 0.346 e. The Bertz CT molecular complexity index is 857. The van der Waals surface area contributed by atoms with E-state index in [1.165, 1.54) is 37.1 Å². The summed E-state index contributed by atoms with van der Waals surface area (Å²) in [6, 6.07) is 8.35. The molecule has 0 radical (unpaired) electrons. The van der Waals surface area contributed by atoms with Crippen molar-refractivity contribution in [2.45, 2.75) is 45.6 Å². The average molecular weight is 341 g/mol. The highest BCUT2D eigenvalue weighted by Gasteiger charge is 2.26. The number of carbonyl (C=O) groups is 1. The molecule has 0 bridgehead atoms. The molecule has 124 valence electrons. The lowest BCUT2D eigenvalue weighted by Crippen LogP contribution is -2.08. The predicted molar refractivity (Wildman–Crippen MR) is 99.4 cm³/mol. The quantitative estimate of drug-likeness (QED) is 0.733. The monoisotopic (exact) mass is 340 g/mol. The van der Waals surface area contributed by atoms with Crippen LogP contribution in [0.3, 0.4) is 0 Å². The van der Waals surface area contributed by atoms with Gasteiger partial charge in [0.05, 0.1) is 5.69 Å². The van der Waals surface area contributed by atoms with Gasteiger partial charge in [0, 0.05) is 33.6 Å². The van der Waals surface area contributed by atoms with Gasteiger partial charge < -0.3 is 9.88 Å². The first kappa shape index (κ1) is 15.5. The number of anilines is 1. The summed E-state index contributed by atoms with van der Waals surface area (Å²) in [5.41, 5.74) is 6.10. The summed E-state index contributed by atoms with van der Waals surface area (Å²) in [4.78, 5) is 12.4. The van der Waals surface area contributed by atoms with Crippen molar-refractivity contribution >= 4 is 34.8 Å². The predicted octanol–water partition coefficient (Wildman–Crippen LogP) is 5.37. The number of amides is 1.